The zero-order chi connectivity index (χ0) is 15.8. The highest BCUT2D eigenvalue weighted by Gasteiger charge is 2.17. The van der Waals surface area contributed by atoms with Crippen molar-refractivity contribution in [1.29, 1.82) is 0 Å². The molecule has 5 N–H and O–H groups in total. The molecule has 0 saturated carbocycles. The number of nitrogens with two attached hydrogens (primary N) is 1. The molecule has 0 bridgehead atoms. The largest absolute Gasteiger partial charge is 0.392 e. The quantitative estimate of drug-likeness (QED) is 0.563. The van der Waals surface area contributed by atoms with E-state index in [1.165, 1.54) is 0 Å². The maximum absolute atomic E-state index is 11.8. The fourth-order valence-electron chi connectivity index (χ4n) is 2.42. The maximum atomic E-state index is 11.8. The third-order valence-corrected chi connectivity index (χ3v) is 3.75. The molecule has 1 aromatic rings. The van der Waals surface area contributed by atoms with Crippen LogP contribution in [0, 0.1) is 0 Å². The number of ether oxygens (including phenoxy) is 1. The maximum Gasteiger partial charge on any atom is 0.224 e. The number of nitrogens with one attached hydrogen (secondary N) is 2. The highest BCUT2D eigenvalue weighted by Crippen LogP contribution is 2.12. The molecule has 0 aromatic heterocycles. The van der Waals surface area contributed by atoms with Gasteiger partial charge in [-0.15, -0.1) is 0 Å². The van der Waals surface area contributed by atoms with Crippen LogP contribution in [-0.2, 0) is 16.1 Å². The van der Waals surface area contributed by atoms with Gasteiger partial charge in [-0.3, -0.25) is 4.79 Å². The number of carbonyl (C=O) groups is 1. The number of unbranched alkanes of at least 4 members (excludes halogenated alkanes) is 1. The minimum Gasteiger partial charge on any atom is -0.392 e. The van der Waals surface area contributed by atoms with Crippen LogP contribution in [0.4, 0.5) is 5.69 Å². The highest BCUT2D eigenvalue weighted by molar-refractivity contribution is 5.90. The molecule has 2 rings (SSSR count). The first-order valence-corrected chi connectivity index (χ1v) is 7.77. The summed E-state index contributed by atoms with van der Waals surface area (Å²) in [5.74, 6) is 0.0200. The van der Waals surface area contributed by atoms with Gasteiger partial charge in [-0.25, -0.2) is 0 Å². The average molecular weight is 307 g/mol. The third kappa shape index (κ3) is 5.73. The first kappa shape index (κ1) is 16.9. The number of aliphatic hydroxyl groups is 1. The number of hydrogen-bond acceptors (Lipinski definition) is 5. The molecule has 2 atom stereocenters. The lowest BCUT2D eigenvalue weighted by Crippen LogP contribution is -2.49. The van der Waals surface area contributed by atoms with Gasteiger partial charge in [0.2, 0.25) is 5.91 Å². The molecular formula is C16H25N3O3. The van der Waals surface area contributed by atoms with E-state index in [-0.39, 0.29) is 18.7 Å². The van der Waals surface area contributed by atoms with E-state index in [9.17, 15) is 4.79 Å². The number of carbonyl (C=O) groups excluding carboxylic acids is 1. The summed E-state index contributed by atoms with van der Waals surface area (Å²) < 4.78 is 5.38. The van der Waals surface area contributed by atoms with Crippen LogP contribution in [0.25, 0.3) is 0 Å². The fraction of sp³-hybridized carbons (Fsp3) is 0.562. The van der Waals surface area contributed by atoms with Crippen LogP contribution < -0.4 is 16.4 Å². The highest BCUT2D eigenvalue weighted by atomic mass is 16.5. The molecule has 0 aliphatic carbocycles. The molecule has 1 aromatic carbocycles. The van der Waals surface area contributed by atoms with Gasteiger partial charge < -0.3 is 26.2 Å². The van der Waals surface area contributed by atoms with E-state index in [0.29, 0.717) is 25.6 Å². The lowest BCUT2D eigenvalue weighted by molar-refractivity contribution is -0.116. The smallest absolute Gasteiger partial charge is 0.224 e. The van der Waals surface area contributed by atoms with E-state index < -0.39 is 0 Å². The van der Waals surface area contributed by atoms with Crippen molar-refractivity contribution in [2.24, 2.45) is 5.73 Å². The summed E-state index contributed by atoms with van der Waals surface area (Å²) in [6.45, 7) is 1.34. The van der Waals surface area contributed by atoms with Gasteiger partial charge in [-0.2, -0.15) is 0 Å². The molecule has 6 nitrogen and oxygen atoms in total. The van der Waals surface area contributed by atoms with Crippen molar-refractivity contribution in [1.82, 2.24) is 5.32 Å². The van der Waals surface area contributed by atoms with Crippen LogP contribution in [-0.4, -0.2) is 36.4 Å². The summed E-state index contributed by atoms with van der Waals surface area (Å²) in [6.07, 6.45) is 3.14. The van der Waals surface area contributed by atoms with Crippen LogP contribution in [0.3, 0.4) is 0 Å². The van der Waals surface area contributed by atoms with Gasteiger partial charge in [0, 0.05) is 24.7 Å². The van der Waals surface area contributed by atoms with E-state index in [1.54, 1.807) is 24.3 Å². The Balaban J connectivity index is 1.59. The Labute approximate surface area is 131 Å². The zero-order valence-corrected chi connectivity index (χ0v) is 12.8. The van der Waals surface area contributed by atoms with Crippen molar-refractivity contribution >= 4 is 11.6 Å². The van der Waals surface area contributed by atoms with Gasteiger partial charge >= 0.3 is 0 Å². The molecule has 1 heterocycles. The minimum absolute atomic E-state index is 0.0120. The molecule has 1 amide bonds. The van der Waals surface area contributed by atoms with E-state index in [2.05, 4.69) is 10.6 Å². The van der Waals surface area contributed by atoms with Gasteiger partial charge in [-0.05, 0) is 30.5 Å². The Morgan fingerprint density at radius 1 is 1.36 bits per heavy atom. The second kappa shape index (κ2) is 8.85. The molecule has 0 spiro atoms. The van der Waals surface area contributed by atoms with Gasteiger partial charge in [0.25, 0.3) is 0 Å². The molecule has 6 heteroatoms. The van der Waals surface area contributed by atoms with Crippen LogP contribution in [0.2, 0.25) is 0 Å². The number of morpholine rings is 1. The Morgan fingerprint density at radius 2 is 2.14 bits per heavy atom. The number of hydrogen-bond donors (Lipinski definition) is 4. The third-order valence-electron chi connectivity index (χ3n) is 3.75. The van der Waals surface area contributed by atoms with E-state index in [0.717, 1.165) is 30.5 Å². The molecular weight excluding hydrogens is 282 g/mol. The molecule has 0 radical (unpaired) electrons. The molecule has 1 saturated heterocycles. The molecule has 1 fully saturated rings. The van der Waals surface area contributed by atoms with E-state index in [1.807, 2.05) is 0 Å². The fourth-order valence-corrected chi connectivity index (χ4v) is 2.42. The van der Waals surface area contributed by atoms with Crippen molar-refractivity contribution in [3.63, 3.8) is 0 Å². The SMILES string of the molecule is N[C@@H]1CNC(CCCCC(=O)Nc2ccc(CO)cc2)CO1. The van der Waals surface area contributed by atoms with Crippen molar-refractivity contribution in [3.05, 3.63) is 29.8 Å². The first-order valence-electron chi connectivity index (χ1n) is 7.77. The normalized spacial score (nSPS) is 21.5. The van der Waals surface area contributed by atoms with Crippen molar-refractivity contribution in [2.75, 3.05) is 18.5 Å². The molecule has 1 aliphatic heterocycles. The number of anilines is 1. The predicted molar refractivity (Wildman–Crippen MR) is 85.2 cm³/mol. The lowest BCUT2D eigenvalue weighted by atomic mass is 10.1. The summed E-state index contributed by atoms with van der Waals surface area (Å²) in [5, 5.41) is 15.2. The summed E-state index contributed by atoms with van der Waals surface area (Å²) in [6, 6.07) is 7.55. The number of amides is 1. The van der Waals surface area contributed by atoms with Crippen molar-refractivity contribution < 1.29 is 14.6 Å². The van der Waals surface area contributed by atoms with Crippen LogP contribution >= 0.6 is 0 Å². The molecule has 22 heavy (non-hydrogen) atoms. The van der Waals surface area contributed by atoms with Gasteiger partial charge in [0.05, 0.1) is 13.2 Å². The Bertz CT molecular complexity index is 456. The van der Waals surface area contributed by atoms with E-state index in [4.69, 9.17) is 15.6 Å². The minimum atomic E-state index is -0.195. The number of benzene rings is 1. The Hall–Kier alpha value is -1.47. The van der Waals surface area contributed by atoms with Crippen LogP contribution in [0.5, 0.6) is 0 Å². The van der Waals surface area contributed by atoms with Gasteiger partial charge in [-0.1, -0.05) is 18.6 Å². The second-order valence-electron chi connectivity index (χ2n) is 5.63. The monoisotopic (exact) mass is 307 g/mol. The van der Waals surface area contributed by atoms with Crippen LogP contribution in [0.15, 0.2) is 24.3 Å². The summed E-state index contributed by atoms with van der Waals surface area (Å²) in [4.78, 5) is 11.8. The first-order chi connectivity index (χ1) is 10.7. The van der Waals surface area contributed by atoms with Crippen molar-refractivity contribution in [2.45, 2.75) is 44.6 Å². The topological polar surface area (TPSA) is 96.6 Å². The molecule has 1 aliphatic rings. The number of aliphatic hydroxyl groups excluding tert-OH is 1. The Morgan fingerprint density at radius 3 is 2.77 bits per heavy atom. The summed E-state index contributed by atoms with van der Waals surface area (Å²) in [5.41, 5.74) is 7.23. The number of rotatable bonds is 7. The summed E-state index contributed by atoms with van der Waals surface area (Å²) >= 11 is 0. The average Bonchev–Trinajstić information content (AvgIpc) is 2.54. The predicted octanol–water partition coefficient (Wildman–Crippen LogP) is 0.951. The molecule has 1 unspecified atom stereocenters. The van der Waals surface area contributed by atoms with Gasteiger partial charge in [0.15, 0.2) is 0 Å². The molecule has 122 valence electrons. The Kier molecular flexibility index (Phi) is 6.79. The van der Waals surface area contributed by atoms with Crippen molar-refractivity contribution in [3.8, 4) is 0 Å². The van der Waals surface area contributed by atoms with Crippen LogP contribution in [0.1, 0.15) is 31.2 Å². The van der Waals surface area contributed by atoms with E-state index >= 15 is 0 Å². The van der Waals surface area contributed by atoms with Gasteiger partial charge in [0.1, 0.15) is 6.23 Å². The second-order valence-corrected chi connectivity index (χ2v) is 5.63. The lowest BCUT2D eigenvalue weighted by Gasteiger charge is -2.28. The standard InChI is InChI=1S/C16H25N3O3/c17-15-9-18-14(11-22-15)3-1-2-4-16(21)19-13-7-5-12(10-20)6-8-13/h5-8,14-15,18,20H,1-4,9-11,17H2,(H,19,21)/t14?,15-/m0/s1. The zero-order valence-electron chi connectivity index (χ0n) is 12.8. The summed E-state index contributed by atoms with van der Waals surface area (Å²) in [7, 11) is 0.